The third-order valence-electron chi connectivity index (χ3n) is 5.63. The van der Waals surface area contributed by atoms with E-state index < -0.39 is 17.8 Å². The fourth-order valence-electron chi connectivity index (χ4n) is 4.02. The molecule has 5 nitrogen and oxygen atoms in total. The number of nitrogens with zero attached hydrogens (tertiary/aromatic N) is 1. The zero-order valence-corrected chi connectivity index (χ0v) is 18.9. The summed E-state index contributed by atoms with van der Waals surface area (Å²) in [7, 11) is 0. The van der Waals surface area contributed by atoms with Crippen LogP contribution in [0.25, 0.3) is 0 Å². The van der Waals surface area contributed by atoms with Gasteiger partial charge in [-0.15, -0.1) is 0 Å². The monoisotopic (exact) mass is 463 g/mol. The van der Waals surface area contributed by atoms with Crippen molar-refractivity contribution in [3.63, 3.8) is 0 Å². The van der Waals surface area contributed by atoms with Gasteiger partial charge in [0.05, 0.1) is 11.7 Å². The molecule has 0 aliphatic carbocycles. The van der Waals surface area contributed by atoms with Crippen molar-refractivity contribution >= 4 is 5.91 Å². The Bertz CT molecular complexity index is 1010. The Kier molecular flexibility index (Phi) is 6.31. The number of rotatable bonds is 5. The van der Waals surface area contributed by atoms with Crippen LogP contribution in [0.3, 0.4) is 0 Å². The summed E-state index contributed by atoms with van der Waals surface area (Å²) < 4.78 is 58.8. The molecule has 0 saturated carbocycles. The molecular weight excluding hydrogens is 435 g/mol. The number of amides is 1. The molecule has 2 aromatic rings. The third-order valence-corrected chi connectivity index (χ3v) is 5.63. The van der Waals surface area contributed by atoms with E-state index in [1.165, 1.54) is 12.1 Å². The molecule has 2 heterocycles. The molecule has 0 N–H and O–H groups in total. The number of carbonyl (C=O) groups excluding carboxylic acids is 1. The van der Waals surface area contributed by atoms with E-state index in [0.717, 1.165) is 6.07 Å². The average molecular weight is 463 g/mol. The third kappa shape index (κ3) is 5.43. The summed E-state index contributed by atoms with van der Waals surface area (Å²) >= 11 is 0. The van der Waals surface area contributed by atoms with E-state index in [1.807, 2.05) is 20.8 Å². The van der Waals surface area contributed by atoms with Gasteiger partial charge in [0.2, 0.25) is 5.91 Å². The van der Waals surface area contributed by atoms with Gasteiger partial charge in [0.25, 0.3) is 0 Å². The lowest BCUT2D eigenvalue weighted by Crippen LogP contribution is -2.55. The minimum absolute atomic E-state index is 0.0221. The molecule has 0 aromatic heterocycles. The maximum Gasteiger partial charge on any atom is 0.416 e. The second-order valence-corrected chi connectivity index (χ2v) is 9.66. The van der Waals surface area contributed by atoms with Gasteiger partial charge in [0.15, 0.2) is 11.5 Å². The van der Waals surface area contributed by atoms with E-state index >= 15 is 0 Å². The lowest BCUT2D eigenvalue weighted by Gasteiger charge is -2.42. The lowest BCUT2D eigenvalue weighted by atomic mass is 9.91. The van der Waals surface area contributed by atoms with Crippen molar-refractivity contribution in [1.29, 1.82) is 0 Å². The van der Waals surface area contributed by atoms with Crippen LogP contribution in [0.4, 0.5) is 13.2 Å². The molecule has 1 atom stereocenters. The van der Waals surface area contributed by atoms with Crippen LogP contribution in [-0.2, 0) is 15.7 Å². The maximum atomic E-state index is 13.8. The predicted molar refractivity (Wildman–Crippen MR) is 116 cm³/mol. The van der Waals surface area contributed by atoms with E-state index in [-0.39, 0.29) is 23.0 Å². The van der Waals surface area contributed by atoms with Gasteiger partial charge in [-0.05, 0) is 34.7 Å². The maximum absolute atomic E-state index is 13.8. The summed E-state index contributed by atoms with van der Waals surface area (Å²) in [6.07, 6.45) is -5.46. The number of halogens is 3. The van der Waals surface area contributed by atoms with Gasteiger partial charge in [-0.2, -0.15) is 13.2 Å². The normalized spacial score (nSPS) is 17.5. The molecule has 2 aliphatic rings. The fraction of sp³-hybridized carbons (Fsp3) is 0.480. The lowest BCUT2D eigenvalue weighted by molar-refractivity contribution is -0.151. The Morgan fingerprint density at radius 1 is 1.06 bits per heavy atom. The Balaban J connectivity index is 1.60. The first kappa shape index (κ1) is 23.4. The van der Waals surface area contributed by atoms with Crippen LogP contribution in [0.5, 0.6) is 11.5 Å². The molecule has 2 aromatic carbocycles. The number of alkyl halides is 3. The van der Waals surface area contributed by atoms with Gasteiger partial charge >= 0.3 is 6.18 Å². The van der Waals surface area contributed by atoms with Crippen molar-refractivity contribution in [1.82, 2.24) is 4.90 Å². The smallest absolute Gasteiger partial charge is 0.416 e. The van der Waals surface area contributed by atoms with Crippen molar-refractivity contribution in [3.8, 4) is 11.5 Å². The number of carbonyl (C=O) groups is 1. The molecule has 0 radical (unpaired) electrons. The minimum atomic E-state index is -4.53. The van der Waals surface area contributed by atoms with Crippen LogP contribution >= 0.6 is 0 Å². The zero-order chi connectivity index (χ0) is 23.8. The molecule has 1 fully saturated rings. The number of hydrogen-bond donors (Lipinski definition) is 0. The Hall–Kier alpha value is -2.74. The number of fused-ring (bicyclic) bond motifs is 1. The first-order valence-electron chi connectivity index (χ1n) is 11.0. The van der Waals surface area contributed by atoms with E-state index in [2.05, 4.69) is 0 Å². The van der Waals surface area contributed by atoms with Crippen LogP contribution in [-0.4, -0.2) is 43.2 Å². The van der Waals surface area contributed by atoms with Crippen LogP contribution in [0.1, 0.15) is 50.0 Å². The summed E-state index contributed by atoms with van der Waals surface area (Å²) in [5.41, 5.74) is -0.316. The van der Waals surface area contributed by atoms with Gasteiger partial charge in [-0.3, -0.25) is 4.79 Å². The molecule has 8 heteroatoms. The quantitative estimate of drug-likeness (QED) is 0.609. The second kappa shape index (κ2) is 8.89. The van der Waals surface area contributed by atoms with E-state index in [1.54, 1.807) is 29.2 Å². The molecule has 4 rings (SSSR count). The van der Waals surface area contributed by atoms with Crippen molar-refractivity contribution in [2.45, 2.75) is 45.6 Å². The predicted octanol–water partition coefficient (Wildman–Crippen LogP) is 5.23. The number of benzene rings is 2. The molecule has 178 valence electrons. The van der Waals surface area contributed by atoms with Crippen LogP contribution in [0.15, 0.2) is 42.5 Å². The largest absolute Gasteiger partial charge is 0.486 e. The summed E-state index contributed by atoms with van der Waals surface area (Å²) in [5.74, 6) is 1.05. The first-order valence-corrected chi connectivity index (χ1v) is 11.0. The van der Waals surface area contributed by atoms with Gasteiger partial charge < -0.3 is 19.1 Å². The topological polar surface area (TPSA) is 48.0 Å². The molecule has 1 amide bonds. The molecule has 0 bridgehead atoms. The van der Waals surface area contributed by atoms with Gasteiger partial charge in [0, 0.05) is 19.5 Å². The number of ether oxygens (including phenoxy) is 3. The van der Waals surface area contributed by atoms with E-state index in [0.29, 0.717) is 49.8 Å². The van der Waals surface area contributed by atoms with Gasteiger partial charge in [-0.25, -0.2) is 0 Å². The highest BCUT2D eigenvalue weighted by Gasteiger charge is 2.39. The van der Waals surface area contributed by atoms with Crippen molar-refractivity contribution in [2.24, 2.45) is 5.41 Å². The van der Waals surface area contributed by atoms with Crippen LogP contribution < -0.4 is 9.47 Å². The van der Waals surface area contributed by atoms with Crippen LogP contribution in [0, 0.1) is 5.41 Å². The average Bonchev–Trinajstić information content (AvgIpc) is 2.70. The van der Waals surface area contributed by atoms with Crippen LogP contribution in [0.2, 0.25) is 0 Å². The van der Waals surface area contributed by atoms with Gasteiger partial charge in [-0.1, -0.05) is 45.0 Å². The second-order valence-electron chi connectivity index (χ2n) is 9.66. The molecule has 33 heavy (non-hydrogen) atoms. The molecular formula is C25H28F3NO4. The Morgan fingerprint density at radius 3 is 2.39 bits per heavy atom. The highest BCUT2D eigenvalue weighted by atomic mass is 19.4. The molecule has 2 aliphatic heterocycles. The fourth-order valence-corrected chi connectivity index (χ4v) is 4.02. The minimum Gasteiger partial charge on any atom is -0.486 e. The molecule has 1 unspecified atom stereocenters. The number of likely N-dealkylation sites (tertiary alicyclic amines) is 1. The van der Waals surface area contributed by atoms with Crippen molar-refractivity contribution in [2.75, 3.05) is 26.3 Å². The molecule has 0 spiro atoms. The van der Waals surface area contributed by atoms with E-state index in [9.17, 15) is 18.0 Å². The Morgan fingerprint density at radius 2 is 1.73 bits per heavy atom. The zero-order valence-electron chi connectivity index (χ0n) is 18.9. The first-order chi connectivity index (χ1) is 15.5. The molecule has 1 saturated heterocycles. The van der Waals surface area contributed by atoms with Crippen molar-refractivity contribution in [3.05, 3.63) is 59.2 Å². The highest BCUT2D eigenvalue weighted by Crippen LogP contribution is 2.41. The number of hydrogen-bond acceptors (Lipinski definition) is 4. The summed E-state index contributed by atoms with van der Waals surface area (Å²) in [6, 6.07) is 10.5. The standard InChI is InChI=1S/C25H28F3NO4/c1-24(2,3)13-22(30)29-14-17(15-29)33-23(18-6-4-5-7-19(18)25(26,27)28)16-8-9-20-21(12-16)32-11-10-31-20/h4-9,12,17,23H,10-11,13-15H2,1-3H3. The highest BCUT2D eigenvalue weighted by molar-refractivity contribution is 5.77. The SMILES string of the molecule is CC(C)(C)CC(=O)N1CC(OC(c2ccc3c(c2)OCCO3)c2ccccc2C(F)(F)F)C1. The van der Waals surface area contributed by atoms with E-state index in [4.69, 9.17) is 14.2 Å². The van der Waals surface area contributed by atoms with Crippen molar-refractivity contribution < 1.29 is 32.2 Å². The summed E-state index contributed by atoms with van der Waals surface area (Å²) in [6.45, 7) is 7.46. The summed E-state index contributed by atoms with van der Waals surface area (Å²) in [5, 5.41) is 0. The summed E-state index contributed by atoms with van der Waals surface area (Å²) in [4.78, 5) is 14.1. The van der Waals surface area contributed by atoms with Gasteiger partial charge in [0.1, 0.15) is 19.3 Å². The Labute approximate surface area is 191 Å².